The Morgan fingerprint density at radius 2 is 1.96 bits per heavy atom. The largest absolute Gasteiger partial charge is 0.368 e. The summed E-state index contributed by atoms with van der Waals surface area (Å²) in [6, 6.07) is 5.10. The molecule has 0 aliphatic carbocycles. The van der Waals surface area contributed by atoms with Crippen molar-refractivity contribution in [2.24, 2.45) is 5.73 Å². The summed E-state index contributed by atoms with van der Waals surface area (Å²) in [7, 11) is 0. The standard InChI is InChI=1S/C13H15N3O6S/c1-8(17)15-11(12(14)18)7-23-13(19)10-4-2-9(3-5-10)6-22-16(20)21/h2-5,11H,6-7H2,1H3,(H2,14,18)(H,15,17)/t11-/m0/s1. The first kappa shape index (κ1) is 18.4. The molecule has 0 unspecified atom stereocenters. The lowest BCUT2D eigenvalue weighted by atomic mass is 10.2. The second-order valence-electron chi connectivity index (χ2n) is 4.45. The summed E-state index contributed by atoms with van der Waals surface area (Å²) in [6.45, 7) is 1.04. The predicted molar refractivity (Wildman–Crippen MR) is 81.8 cm³/mol. The number of nitrogens with zero attached hydrogens (tertiary/aromatic N) is 1. The van der Waals surface area contributed by atoms with Crippen LogP contribution in [0.15, 0.2) is 24.3 Å². The summed E-state index contributed by atoms with van der Waals surface area (Å²) in [5, 5.41) is 11.2. The fraction of sp³-hybridized carbons (Fsp3) is 0.308. The summed E-state index contributed by atoms with van der Waals surface area (Å²) in [5.74, 6) is -1.13. The van der Waals surface area contributed by atoms with Crippen LogP contribution in [0.3, 0.4) is 0 Å². The molecule has 0 aromatic heterocycles. The predicted octanol–water partition coefficient (Wildman–Crippen LogP) is 0.258. The van der Waals surface area contributed by atoms with E-state index >= 15 is 0 Å². The fourth-order valence-electron chi connectivity index (χ4n) is 1.55. The topological polar surface area (TPSA) is 142 Å². The molecule has 10 heteroatoms. The van der Waals surface area contributed by atoms with Crippen molar-refractivity contribution in [1.82, 2.24) is 5.32 Å². The second-order valence-corrected chi connectivity index (χ2v) is 5.44. The third kappa shape index (κ3) is 6.78. The van der Waals surface area contributed by atoms with Crippen LogP contribution in [0, 0.1) is 10.1 Å². The van der Waals surface area contributed by atoms with Gasteiger partial charge in [-0.25, -0.2) is 0 Å². The summed E-state index contributed by atoms with van der Waals surface area (Å²) in [4.78, 5) is 48.4. The molecule has 0 aliphatic rings. The quantitative estimate of drug-likeness (QED) is 0.510. The Hall–Kier alpha value is -2.62. The van der Waals surface area contributed by atoms with Gasteiger partial charge in [0, 0.05) is 18.2 Å². The van der Waals surface area contributed by atoms with Gasteiger partial charge in [0.15, 0.2) is 0 Å². The molecule has 0 spiro atoms. The highest BCUT2D eigenvalue weighted by atomic mass is 32.2. The van der Waals surface area contributed by atoms with Crippen molar-refractivity contribution in [3.05, 3.63) is 45.5 Å². The van der Waals surface area contributed by atoms with E-state index in [4.69, 9.17) is 5.73 Å². The van der Waals surface area contributed by atoms with E-state index in [1.165, 1.54) is 31.2 Å². The molecule has 0 saturated carbocycles. The van der Waals surface area contributed by atoms with Crippen LogP contribution in [0.25, 0.3) is 0 Å². The molecule has 3 N–H and O–H groups in total. The number of nitrogens with one attached hydrogen (secondary N) is 1. The van der Waals surface area contributed by atoms with Gasteiger partial charge in [-0.3, -0.25) is 14.4 Å². The highest BCUT2D eigenvalue weighted by Gasteiger charge is 2.18. The maximum Gasteiger partial charge on any atom is 0.294 e. The molecule has 0 aliphatic heterocycles. The third-order valence-corrected chi connectivity index (χ3v) is 3.63. The number of primary amides is 1. The highest BCUT2D eigenvalue weighted by molar-refractivity contribution is 8.14. The van der Waals surface area contributed by atoms with Gasteiger partial charge in [0.05, 0.1) is 0 Å². The van der Waals surface area contributed by atoms with Crippen molar-refractivity contribution in [2.75, 3.05) is 5.75 Å². The van der Waals surface area contributed by atoms with E-state index < -0.39 is 22.9 Å². The molecule has 2 amide bonds. The zero-order chi connectivity index (χ0) is 17.4. The van der Waals surface area contributed by atoms with Gasteiger partial charge < -0.3 is 15.9 Å². The summed E-state index contributed by atoms with van der Waals surface area (Å²) < 4.78 is 0. The molecule has 23 heavy (non-hydrogen) atoms. The van der Waals surface area contributed by atoms with E-state index in [2.05, 4.69) is 10.2 Å². The van der Waals surface area contributed by atoms with E-state index in [9.17, 15) is 24.5 Å². The van der Waals surface area contributed by atoms with Gasteiger partial charge in [0.25, 0.3) is 5.09 Å². The van der Waals surface area contributed by atoms with Gasteiger partial charge in [-0.15, -0.1) is 10.1 Å². The molecular formula is C13H15N3O6S. The minimum Gasteiger partial charge on any atom is -0.368 e. The van der Waals surface area contributed by atoms with Crippen LogP contribution in [-0.2, 0) is 21.0 Å². The molecule has 0 heterocycles. The lowest BCUT2D eigenvalue weighted by Crippen LogP contribution is -2.45. The fourth-order valence-corrected chi connectivity index (χ4v) is 2.42. The molecule has 0 saturated heterocycles. The number of hydrogen-bond donors (Lipinski definition) is 2. The Kier molecular flexibility index (Phi) is 7.00. The lowest BCUT2D eigenvalue weighted by molar-refractivity contribution is -0.763. The van der Waals surface area contributed by atoms with E-state index in [-0.39, 0.29) is 17.5 Å². The van der Waals surface area contributed by atoms with Crippen molar-refractivity contribution in [3.8, 4) is 0 Å². The van der Waals surface area contributed by atoms with Crippen molar-refractivity contribution in [3.63, 3.8) is 0 Å². The maximum absolute atomic E-state index is 12.0. The molecule has 9 nitrogen and oxygen atoms in total. The number of hydrogen-bond acceptors (Lipinski definition) is 7. The molecule has 0 fully saturated rings. The first-order valence-electron chi connectivity index (χ1n) is 6.39. The van der Waals surface area contributed by atoms with Crippen LogP contribution in [0.1, 0.15) is 22.8 Å². The number of rotatable bonds is 8. The first-order chi connectivity index (χ1) is 10.8. The Morgan fingerprint density at radius 3 is 2.43 bits per heavy atom. The van der Waals surface area contributed by atoms with Crippen LogP contribution in [0.5, 0.6) is 0 Å². The van der Waals surface area contributed by atoms with Crippen molar-refractivity contribution >= 4 is 28.7 Å². The minimum absolute atomic E-state index is 0.0138. The first-order valence-corrected chi connectivity index (χ1v) is 7.38. The number of amides is 2. The van der Waals surface area contributed by atoms with Gasteiger partial charge >= 0.3 is 0 Å². The van der Waals surface area contributed by atoms with Crippen LogP contribution >= 0.6 is 11.8 Å². The van der Waals surface area contributed by atoms with Crippen LogP contribution in [0.2, 0.25) is 0 Å². The van der Waals surface area contributed by atoms with Crippen molar-refractivity contribution < 1.29 is 24.3 Å². The van der Waals surface area contributed by atoms with E-state index in [0.29, 0.717) is 11.1 Å². The smallest absolute Gasteiger partial charge is 0.294 e. The van der Waals surface area contributed by atoms with E-state index in [0.717, 1.165) is 11.8 Å². The molecule has 1 rings (SSSR count). The average molecular weight is 341 g/mol. The van der Waals surface area contributed by atoms with Gasteiger partial charge in [0.2, 0.25) is 16.9 Å². The summed E-state index contributed by atoms with van der Waals surface area (Å²) >= 11 is 0.838. The van der Waals surface area contributed by atoms with Crippen LogP contribution in [-0.4, -0.2) is 33.8 Å². The molecule has 1 aromatic rings. The molecular weight excluding hydrogens is 326 g/mol. The number of carbonyl (C=O) groups is 3. The van der Waals surface area contributed by atoms with Gasteiger partial charge in [0.1, 0.15) is 12.6 Å². The molecule has 1 aromatic carbocycles. The van der Waals surface area contributed by atoms with Crippen molar-refractivity contribution in [2.45, 2.75) is 19.6 Å². The van der Waals surface area contributed by atoms with Gasteiger partial charge in [-0.05, 0) is 5.56 Å². The average Bonchev–Trinajstić information content (AvgIpc) is 2.49. The molecule has 0 radical (unpaired) electrons. The highest BCUT2D eigenvalue weighted by Crippen LogP contribution is 2.15. The third-order valence-electron chi connectivity index (χ3n) is 2.63. The van der Waals surface area contributed by atoms with E-state index in [1.807, 2.05) is 0 Å². The SMILES string of the molecule is CC(=O)N[C@@H](CSC(=O)c1ccc(CO[N+](=O)[O-])cc1)C(N)=O. The van der Waals surface area contributed by atoms with Crippen LogP contribution in [0.4, 0.5) is 0 Å². The minimum atomic E-state index is -0.936. The second kappa shape index (κ2) is 8.73. The number of benzene rings is 1. The molecule has 1 atom stereocenters. The molecule has 124 valence electrons. The van der Waals surface area contributed by atoms with Crippen LogP contribution < -0.4 is 11.1 Å². The monoisotopic (exact) mass is 341 g/mol. The van der Waals surface area contributed by atoms with Gasteiger partial charge in [-0.2, -0.15) is 0 Å². The number of thioether (sulfide) groups is 1. The summed E-state index contributed by atoms with van der Waals surface area (Å²) in [5.41, 5.74) is 6.03. The Labute approximate surface area is 135 Å². The lowest BCUT2D eigenvalue weighted by Gasteiger charge is -2.13. The zero-order valence-corrected chi connectivity index (χ0v) is 13.0. The Morgan fingerprint density at radius 1 is 1.35 bits per heavy atom. The Balaban J connectivity index is 2.58. The maximum atomic E-state index is 12.0. The normalized spacial score (nSPS) is 11.3. The summed E-state index contributed by atoms with van der Waals surface area (Å²) in [6.07, 6.45) is 0. The zero-order valence-electron chi connectivity index (χ0n) is 12.2. The Bertz CT molecular complexity index is 604. The number of nitrogens with two attached hydrogens (primary N) is 1. The van der Waals surface area contributed by atoms with E-state index in [1.54, 1.807) is 0 Å². The molecule has 0 bridgehead atoms. The number of carbonyl (C=O) groups excluding carboxylic acids is 3. The van der Waals surface area contributed by atoms with Gasteiger partial charge in [-0.1, -0.05) is 36.0 Å². The van der Waals surface area contributed by atoms with Crippen molar-refractivity contribution in [1.29, 1.82) is 0 Å².